The first-order valence-corrected chi connectivity index (χ1v) is 6.65. The number of nitriles is 1. The van der Waals surface area contributed by atoms with Crippen molar-refractivity contribution in [2.75, 3.05) is 11.9 Å². The van der Waals surface area contributed by atoms with E-state index in [-0.39, 0.29) is 18.4 Å². The van der Waals surface area contributed by atoms with E-state index in [2.05, 4.69) is 5.32 Å². The molecule has 1 aliphatic rings. The molecule has 1 aromatic carbocycles. The Morgan fingerprint density at radius 2 is 1.89 bits per heavy atom. The van der Waals surface area contributed by atoms with Crippen LogP contribution in [0.4, 0.5) is 5.69 Å². The summed E-state index contributed by atoms with van der Waals surface area (Å²) >= 11 is 0. The Morgan fingerprint density at radius 3 is 2.42 bits per heavy atom. The summed E-state index contributed by atoms with van der Waals surface area (Å²) in [7, 11) is 0. The van der Waals surface area contributed by atoms with Crippen molar-refractivity contribution in [2.45, 2.75) is 25.7 Å². The molecule has 0 bridgehead atoms. The fraction of sp³-hybridized carbons (Fsp3) is 0.467. The van der Waals surface area contributed by atoms with Crippen LogP contribution in [0.2, 0.25) is 0 Å². The standard InChI is InChI=1S/C15H18N2O2/c16-9-11-3-7-14(8-4-11)17-15(19)13-5-1-12(10-18)2-6-13/h3-4,7-8,12-13,18H,1-2,5-6,10H2,(H,17,19). The van der Waals surface area contributed by atoms with Crippen molar-refractivity contribution < 1.29 is 9.90 Å². The molecule has 0 spiro atoms. The van der Waals surface area contributed by atoms with Gasteiger partial charge in [-0.1, -0.05) is 0 Å². The quantitative estimate of drug-likeness (QED) is 0.873. The van der Waals surface area contributed by atoms with Crippen LogP contribution in [0, 0.1) is 23.2 Å². The summed E-state index contributed by atoms with van der Waals surface area (Å²) in [4.78, 5) is 12.1. The van der Waals surface area contributed by atoms with Crippen LogP contribution >= 0.6 is 0 Å². The average molecular weight is 258 g/mol. The smallest absolute Gasteiger partial charge is 0.227 e. The Hall–Kier alpha value is -1.86. The third-order valence-corrected chi connectivity index (χ3v) is 3.76. The second-order valence-electron chi connectivity index (χ2n) is 5.08. The zero-order valence-corrected chi connectivity index (χ0v) is 10.8. The van der Waals surface area contributed by atoms with Crippen molar-refractivity contribution in [3.05, 3.63) is 29.8 Å². The lowest BCUT2D eigenvalue weighted by Crippen LogP contribution is -2.28. The molecule has 0 radical (unpaired) electrons. The van der Waals surface area contributed by atoms with Gasteiger partial charge in [0, 0.05) is 18.2 Å². The molecule has 1 amide bonds. The molecule has 4 heteroatoms. The van der Waals surface area contributed by atoms with Crippen molar-refractivity contribution >= 4 is 11.6 Å². The molecule has 2 rings (SSSR count). The highest BCUT2D eigenvalue weighted by Gasteiger charge is 2.25. The van der Waals surface area contributed by atoms with E-state index in [9.17, 15) is 4.79 Å². The van der Waals surface area contributed by atoms with E-state index in [1.165, 1.54) is 0 Å². The van der Waals surface area contributed by atoms with E-state index in [1.807, 2.05) is 6.07 Å². The Morgan fingerprint density at radius 1 is 1.26 bits per heavy atom. The molecule has 0 aromatic heterocycles. The van der Waals surface area contributed by atoms with Crippen LogP contribution in [0.1, 0.15) is 31.2 Å². The zero-order valence-electron chi connectivity index (χ0n) is 10.8. The highest BCUT2D eigenvalue weighted by atomic mass is 16.3. The molecule has 0 heterocycles. The number of nitrogens with one attached hydrogen (secondary N) is 1. The van der Waals surface area contributed by atoms with Gasteiger partial charge in [0.2, 0.25) is 5.91 Å². The van der Waals surface area contributed by atoms with Crippen molar-refractivity contribution in [1.29, 1.82) is 5.26 Å². The van der Waals surface area contributed by atoms with Crippen molar-refractivity contribution in [1.82, 2.24) is 0 Å². The van der Waals surface area contributed by atoms with Crippen molar-refractivity contribution in [3.63, 3.8) is 0 Å². The highest BCUT2D eigenvalue weighted by molar-refractivity contribution is 5.92. The fourth-order valence-electron chi connectivity index (χ4n) is 2.48. The molecule has 4 nitrogen and oxygen atoms in total. The molecule has 0 saturated heterocycles. The topological polar surface area (TPSA) is 73.1 Å². The third-order valence-electron chi connectivity index (χ3n) is 3.76. The average Bonchev–Trinajstić information content (AvgIpc) is 2.48. The molecule has 100 valence electrons. The van der Waals surface area contributed by atoms with E-state index < -0.39 is 0 Å². The van der Waals surface area contributed by atoms with E-state index in [1.54, 1.807) is 24.3 Å². The molecule has 0 aliphatic heterocycles. The largest absolute Gasteiger partial charge is 0.396 e. The lowest BCUT2D eigenvalue weighted by atomic mass is 9.82. The number of amides is 1. The van der Waals surface area contributed by atoms with Gasteiger partial charge in [-0.05, 0) is 55.9 Å². The summed E-state index contributed by atoms with van der Waals surface area (Å²) in [6.45, 7) is 0.226. The van der Waals surface area contributed by atoms with Crippen LogP contribution in [0.3, 0.4) is 0 Å². The normalized spacial score (nSPS) is 22.5. The first-order chi connectivity index (χ1) is 9.22. The second-order valence-corrected chi connectivity index (χ2v) is 5.08. The second kappa shape index (κ2) is 6.35. The molecule has 1 aliphatic carbocycles. The van der Waals surface area contributed by atoms with Crippen LogP contribution < -0.4 is 5.32 Å². The Bertz CT molecular complexity index is 468. The Balaban J connectivity index is 1.89. The molecular formula is C15H18N2O2. The number of rotatable bonds is 3. The highest BCUT2D eigenvalue weighted by Crippen LogP contribution is 2.29. The molecule has 2 N–H and O–H groups in total. The number of nitrogens with zero attached hydrogens (tertiary/aromatic N) is 1. The summed E-state index contributed by atoms with van der Waals surface area (Å²) < 4.78 is 0. The van der Waals surface area contributed by atoms with Gasteiger partial charge in [-0.25, -0.2) is 0 Å². The first kappa shape index (κ1) is 13.6. The molecule has 0 atom stereocenters. The first-order valence-electron chi connectivity index (χ1n) is 6.65. The van der Waals surface area contributed by atoms with Gasteiger partial charge in [-0.15, -0.1) is 0 Å². The molecule has 0 unspecified atom stereocenters. The van der Waals surface area contributed by atoms with Crippen molar-refractivity contribution in [2.24, 2.45) is 11.8 Å². The van der Waals surface area contributed by atoms with Gasteiger partial charge in [-0.2, -0.15) is 5.26 Å². The van der Waals surface area contributed by atoms with Gasteiger partial charge >= 0.3 is 0 Å². The minimum atomic E-state index is 0.0402. The summed E-state index contributed by atoms with van der Waals surface area (Å²) in [6.07, 6.45) is 3.52. The maximum Gasteiger partial charge on any atom is 0.227 e. The predicted molar refractivity (Wildman–Crippen MR) is 72.3 cm³/mol. The van der Waals surface area contributed by atoms with Crippen LogP contribution in [-0.4, -0.2) is 17.6 Å². The molecule has 1 fully saturated rings. The van der Waals surface area contributed by atoms with E-state index in [4.69, 9.17) is 10.4 Å². The SMILES string of the molecule is N#Cc1ccc(NC(=O)C2CCC(CO)CC2)cc1. The van der Waals surface area contributed by atoms with Gasteiger partial charge in [0.05, 0.1) is 11.6 Å². The van der Waals surface area contributed by atoms with Gasteiger partial charge in [-0.3, -0.25) is 4.79 Å². The van der Waals surface area contributed by atoms with E-state index in [0.717, 1.165) is 31.4 Å². The number of anilines is 1. The van der Waals surface area contributed by atoms with Gasteiger partial charge in [0.15, 0.2) is 0 Å². The Labute approximate surface area is 113 Å². The summed E-state index contributed by atoms with van der Waals surface area (Å²) in [5, 5.41) is 20.7. The Kier molecular flexibility index (Phi) is 4.53. The number of aliphatic hydroxyl groups is 1. The summed E-state index contributed by atoms with van der Waals surface area (Å²) in [6, 6.07) is 8.92. The minimum Gasteiger partial charge on any atom is -0.396 e. The number of benzene rings is 1. The number of aliphatic hydroxyl groups excluding tert-OH is 1. The summed E-state index contributed by atoms with van der Waals surface area (Å²) in [5.74, 6) is 0.443. The number of carbonyl (C=O) groups is 1. The lowest BCUT2D eigenvalue weighted by Gasteiger charge is -2.26. The molecule has 1 saturated carbocycles. The van der Waals surface area contributed by atoms with Crippen LogP contribution in [0.25, 0.3) is 0 Å². The molecule has 1 aromatic rings. The lowest BCUT2D eigenvalue weighted by molar-refractivity contribution is -0.121. The van der Waals surface area contributed by atoms with Crippen LogP contribution in [0.5, 0.6) is 0 Å². The van der Waals surface area contributed by atoms with E-state index in [0.29, 0.717) is 11.5 Å². The van der Waals surface area contributed by atoms with Gasteiger partial charge in [0.1, 0.15) is 0 Å². The monoisotopic (exact) mass is 258 g/mol. The fourth-order valence-corrected chi connectivity index (χ4v) is 2.48. The third kappa shape index (κ3) is 3.55. The maximum atomic E-state index is 12.1. The molecule has 19 heavy (non-hydrogen) atoms. The number of carbonyl (C=O) groups excluding carboxylic acids is 1. The van der Waals surface area contributed by atoms with Crippen LogP contribution in [0.15, 0.2) is 24.3 Å². The van der Waals surface area contributed by atoms with Crippen molar-refractivity contribution in [3.8, 4) is 6.07 Å². The van der Waals surface area contributed by atoms with Gasteiger partial charge < -0.3 is 10.4 Å². The number of hydrogen-bond donors (Lipinski definition) is 2. The van der Waals surface area contributed by atoms with Gasteiger partial charge in [0.25, 0.3) is 0 Å². The minimum absolute atomic E-state index is 0.0402. The maximum absolute atomic E-state index is 12.1. The van der Waals surface area contributed by atoms with Crippen LogP contribution in [-0.2, 0) is 4.79 Å². The summed E-state index contributed by atoms with van der Waals surface area (Å²) in [5.41, 5.74) is 1.31. The van der Waals surface area contributed by atoms with E-state index >= 15 is 0 Å². The molecular weight excluding hydrogens is 240 g/mol. The predicted octanol–water partition coefficient (Wildman–Crippen LogP) is 2.30. The zero-order chi connectivity index (χ0) is 13.7. The number of hydrogen-bond acceptors (Lipinski definition) is 3.